The summed E-state index contributed by atoms with van der Waals surface area (Å²) in [5.74, 6) is 0. The van der Waals surface area contributed by atoms with E-state index in [1.54, 1.807) is 0 Å². The molecule has 36 heavy (non-hydrogen) atoms. The van der Waals surface area contributed by atoms with Gasteiger partial charge < -0.3 is 0 Å². The molecule has 0 amide bonds. The van der Waals surface area contributed by atoms with Crippen molar-refractivity contribution in [1.82, 2.24) is 0 Å². The van der Waals surface area contributed by atoms with Gasteiger partial charge in [0, 0.05) is 0 Å². The Labute approximate surface area is 214 Å². The molecule has 0 aliphatic heterocycles. The van der Waals surface area contributed by atoms with E-state index < -0.39 is 8.07 Å². The first-order valence-corrected chi connectivity index (χ1v) is 16.2. The maximum Gasteiger partial charge on any atom is 0.0775 e. The van der Waals surface area contributed by atoms with Gasteiger partial charge in [0.2, 0.25) is 0 Å². The standard InChI is InChI=1S/C35H30Si/c1-36(2,3)35-20-18-28(19-21-35)33-17-14-29-13-16-32(23-34(29)24-33)27-10-8-26(9-11-27)31-15-12-25-6-4-5-7-30(25)22-31/h4-24H,1-3H3. The summed E-state index contributed by atoms with van der Waals surface area (Å²) in [6.07, 6.45) is 0. The van der Waals surface area contributed by atoms with Crippen LogP contribution < -0.4 is 5.19 Å². The van der Waals surface area contributed by atoms with Gasteiger partial charge in [0.1, 0.15) is 0 Å². The second-order valence-electron chi connectivity index (χ2n) is 10.7. The molecule has 0 saturated carbocycles. The molecule has 1 heteroatoms. The Bertz CT molecular complexity index is 1680. The lowest BCUT2D eigenvalue weighted by atomic mass is 9.96. The zero-order chi connectivity index (χ0) is 24.7. The molecule has 0 unspecified atom stereocenters. The molecule has 174 valence electrons. The number of rotatable bonds is 4. The van der Waals surface area contributed by atoms with E-state index in [1.165, 1.54) is 60.1 Å². The summed E-state index contributed by atoms with van der Waals surface area (Å²) < 4.78 is 0. The van der Waals surface area contributed by atoms with E-state index in [4.69, 9.17) is 0 Å². The summed E-state index contributed by atoms with van der Waals surface area (Å²) in [5, 5.41) is 6.60. The second-order valence-corrected chi connectivity index (χ2v) is 15.8. The molecule has 0 aromatic heterocycles. The monoisotopic (exact) mass is 478 g/mol. The highest BCUT2D eigenvalue weighted by atomic mass is 28.3. The van der Waals surface area contributed by atoms with E-state index in [-0.39, 0.29) is 0 Å². The fourth-order valence-corrected chi connectivity index (χ4v) is 6.16. The van der Waals surface area contributed by atoms with E-state index in [1.807, 2.05) is 0 Å². The molecule has 0 aliphatic carbocycles. The summed E-state index contributed by atoms with van der Waals surface area (Å²) >= 11 is 0. The van der Waals surface area contributed by atoms with E-state index in [0.29, 0.717) is 0 Å². The van der Waals surface area contributed by atoms with Gasteiger partial charge in [-0.3, -0.25) is 0 Å². The van der Waals surface area contributed by atoms with Crippen LogP contribution in [0.3, 0.4) is 0 Å². The number of hydrogen-bond acceptors (Lipinski definition) is 0. The first kappa shape index (κ1) is 22.5. The third kappa shape index (κ3) is 4.39. The minimum atomic E-state index is -1.28. The fraction of sp³-hybridized carbons (Fsp3) is 0.0857. The van der Waals surface area contributed by atoms with Crippen molar-refractivity contribution in [2.45, 2.75) is 19.6 Å². The maximum absolute atomic E-state index is 2.40. The molecule has 6 aromatic rings. The number of hydrogen-bond donors (Lipinski definition) is 0. The first-order valence-electron chi connectivity index (χ1n) is 12.7. The molecule has 0 atom stereocenters. The average molecular weight is 479 g/mol. The molecule has 0 fully saturated rings. The van der Waals surface area contributed by atoms with Crippen LogP contribution in [0.25, 0.3) is 54.9 Å². The van der Waals surface area contributed by atoms with E-state index >= 15 is 0 Å². The molecule has 0 N–H and O–H groups in total. The van der Waals surface area contributed by atoms with Gasteiger partial charge in [0.25, 0.3) is 0 Å². The summed E-state index contributed by atoms with van der Waals surface area (Å²) in [4.78, 5) is 0. The highest BCUT2D eigenvalue weighted by Crippen LogP contribution is 2.31. The molecule has 0 aliphatic rings. The van der Waals surface area contributed by atoms with E-state index in [0.717, 1.165) is 0 Å². The Balaban J connectivity index is 1.31. The Kier molecular flexibility index (Phi) is 5.58. The number of benzene rings is 6. The van der Waals surface area contributed by atoms with Crippen molar-refractivity contribution in [3.63, 3.8) is 0 Å². The average Bonchev–Trinajstić information content (AvgIpc) is 2.92. The van der Waals surface area contributed by atoms with Gasteiger partial charge >= 0.3 is 0 Å². The van der Waals surface area contributed by atoms with Crippen molar-refractivity contribution < 1.29 is 0 Å². The van der Waals surface area contributed by atoms with E-state index in [2.05, 4.69) is 147 Å². The van der Waals surface area contributed by atoms with Crippen LogP contribution in [0.15, 0.2) is 127 Å². The van der Waals surface area contributed by atoms with Crippen molar-refractivity contribution in [2.24, 2.45) is 0 Å². The van der Waals surface area contributed by atoms with Gasteiger partial charge in [-0.15, -0.1) is 0 Å². The van der Waals surface area contributed by atoms with Crippen LogP contribution in [0, 0.1) is 0 Å². The first-order chi connectivity index (χ1) is 17.4. The molecule has 0 saturated heterocycles. The zero-order valence-electron chi connectivity index (χ0n) is 21.1. The molecule has 0 spiro atoms. The number of fused-ring (bicyclic) bond motifs is 2. The zero-order valence-corrected chi connectivity index (χ0v) is 22.1. The van der Waals surface area contributed by atoms with Gasteiger partial charge in [0.15, 0.2) is 0 Å². The summed E-state index contributed by atoms with van der Waals surface area (Å²) in [7, 11) is -1.28. The minimum absolute atomic E-state index is 1.24. The Morgan fingerprint density at radius 2 is 0.694 bits per heavy atom. The van der Waals surface area contributed by atoms with Crippen LogP contribution in [0.2, 0.25) is 19.6 Å². The maximum atomic E-state index is 2.40. The molecule has 0 nitrogen and oxygen atoms in total. The lowest BCUT2D eigenvalue weighted by Gasteiger charge is -2.17. The molecule has 6 aromatic carbocycles. The molecule has 0 heterocycles. The normalized spacial score (nSPS) is 11.8. The van der Waals surface area contributed by atoms with Crippen molar-refractivity contribution in [3.05, 3.63) is 127 Å². The van der Waals surface area contributed by atoms with E-state index in [9.17, 15) is 0 Å². The van der Waals surface area contributed by atoms with Gasteiger partial charge in [-0.05, 0) is 73.1 Å². The van der Waals surface area contributed by atoms with Gasteiger partial charge in [-0.25, -0.2) is 0 Å². The quantitative estimate of drug-likeness (QED) is 0.221. The van der Waals surface area contributed by atoms with Crippen molar-refractivity contribution in [3.8, 4) is 33.4 Å². The van der Waals surface area contributed by atoms with Crippen LogP contribution in [0.5, 0.6) is 0 Å². The fourth-order valence-electron chi connectivity index (χ4n) is 4.99. The molecule has 0 radical (unpaired) electrons. The summed E-state index contributed by atoms with van der Waals surface area (Å²) in [6, 6.07) is 47.0. The predicted molar refractivity (Wildman–Crippen MR) is 161 cm³/mol. The molecular weight excluding hydrogens is 448 g/mol. The highest BCUT2D eigenvalue weighted by Gasteiger charge is 2.15. The Morgan fingerprint density at radius 1 is 0.333 bits per heavy atom. The highest BCUT2D eigenvalue weighted by molar-refractivity contribution is 6.88. The van der Waals surface area contributed by atoms with Crippen LogP contribution in [0.1, 0.15) is 0 Å². The molecule has 6 rings (SSSR count). The SMILES string of the molecule is C[Si](C)(C)c1ccc(-c2ccc3ccc(-c4ccc(-c5ccc6ccccc6c5)cc4)cc3c2)cc1. The second kappa shape index (κ2) is 8.93. The van der Waals surface area contributed by atoms with Crippen molar-refractivity contribution >= 4 is 34.8 Å². The largest absolute Gasteiger partial charge is 0.0775 e. The van der Waals surface area contributed by atoms with Crippen molar-refractivity contribution in [2.75, 3.05) is 0 Å². The summed E-state index contributed by atoms with van der Waals surface area (Å²) in [6.45, 7) is 7.19. The lowest BCUT2D eigenvalue weighted by Crippen LogP contribution is -2.37. The lowest BCUT2D eigenvalue weighted by molar-refractivity contribution is 1.61. The Morgan fingerprint density at radius 3 is 1.17 bits per heavy atom. The topological polar surface area (TPSA) is 0 Å². The van der Waals surface area contributed by atoms with Gasteiger partial charge in [-0.1, -0.05) is 134 Å². The predicted octanol–water partition coefficient (Wildman–Crippen LogP) is 9.54. The Hall–Kier alpha value is -3.94. The van der Waals surface area contributed by atoms with Crippen LogP contribution in [-0.4, -0.2) is 8.07 Å². The summed E-state index contributed by atoms with van der Waals surface area (Å²) in [5.41, 5.74) is 7.54. The van der Waals surface area contributed by atoms with Crippen LogP contribution in [-0.2, 0) is 0 Å². The van der Waals surface area contributed by atoms with Crippen molar-refractivity contribution in [1.29, 1.82) is 0 Å². The van der Waals surface area contributed by atoms with Gasteiger partial charge in [-0.2, -0.15) is 0 Å². The molecule has 0 bridgehead atoms. The third-order valence-corrected chi connectivity index (χ3v) is 9.29. The van der Waals surface area contributed by atoms with Crippen LogP contribution >= 0.6 is 0 Å². The van der Waals surface area contributed by atoms with Crippen LogP contribution in [0.4, 0.5) is 0 Å². The smallest absolute Gasteiger partial charge is 0.0656 e. The minimum Gasteiger partial charge on any atom is -0.0656 e. The molecular formula is C35H30Si. The third-order valence-electron chi connectivity index (χ3n) is 7.23. The van der Waals surface area contributed by atoms with Gasteiger partial charge in [0.05, 0.1) is 8.07 Å².